The first-order chi connectivity index (χ1) is 8.72. The van der Waals surface area contributed by atoms with Crippen LogP contribution in [0.3, 0.4) is 0 Å². The van der Waals surface area contributed by atoms with Crippen molar-refractivity contribution in [2.45, 2.75) is 25.7 Å². The van der Waals surface area contributed by atoms with Crippen molar-refractivity contribution in [1.29, 1.82) is 0 Å². The number of carbonyl (C=O) groups is 1. The van der Waals surface area contributed by atoms with E-state index in [2.05, 4.69) is 26.3 Å². The van der Waals surface area contributed by atoms with Gasteiger partial charge in [0, 0.05) is 25.1 Å². The van der Waals surface area contributed by atoms with E-state index in [0.29, 0.717) is 17.5 Å². The van der Waals surface area contributed by atoms with Crippen molar-refractivity contribution in [3.05, 3.63) is 18.0 Å². The van der Waals surface area contributed by atoms with Crippen LogP contribution in [-0.2, 0) is 7.05 Å². The maximum atomic E-state index is 12.0. The molecule has 2 unspecified atom stereocenters. The molecule has 1 aromatic heterocycles. The molecule has 1 aromatic rings. The normalized spacial score (nSPS) is 23.9. The molecular weight excluding hydrogens is 294 g/mol. The zero-order valence-corrected chi connectivity index (χ0v) is 12.3. The van der Waals surface area contributed by atoms with Crippen molar-refractivity contribution >= 4 is 21.8 Å². The van der Waals surface area contributed by atoms with Crippen LogP contribution in [0.1, 0.15) is 36.2 Å². The first-order valence-electron chi connectivity index (χ1n) is 6.54. The minimum Gasteiger partial charge on any atom is -0.350 e. The molecule has 18 heavy (non-hydrogen) atoms. The molecule has 2 atom stereocenters. The summed E-state index contributed by atoms with van der Waals surface area (Å²) in [5, 5.41) is 8.09. The van der Waals surface area contributed by atoms with E-state index in [-0.39, 0.29) is 5.91 Å². The van der Waals surface area contributed by atoms with Crippen molar-refractivity contribution in [2.75, 3.05) is 11.9 Å². The smallest absolute Gasteiger partial charge is 0.269 e. The molecule has 0 bridgehead atoms. The Balaban J connectivity index is 1.87. The van der Waals surface area contributed by atoms with E-state index in [4.69, 9.17) is 0 Å². The average molecular weight is 314 g/mol. The van der Waals surface area contributed by atoms with Crippen LogP contribution in [0.4, 0.5) is 0 Å². The number of aryl methyl sites for hydroxylation is 1. The Morgan fingerprint density at radius 3 is 2.83 bits per heavy atom. The predicted octanol–water partition coefficient (Wildman–Crippen LogP) is 2.35. The van der Waals surface area contributed by atoms with E-state index < -0.39 is 0 Å². The van der Waals surface area contributed by atoms with Gasteiger partial charge < -0.3 is 5.32 Å². The topological polar surface area (TPSA) is 46.9 Å². The number of nitrogens with zero attached hydrogens (tertiary/aromatic N) is 2. The van der Waals surface area contributed by atoms with Gasteiger partial charge in [0.25, 0.3) is 5.91 Å². The Kier molecular flexibility index (Phi) is 4.80. The molecule has 1 saturated carbocycles. The van der Waals surface area contributed by atoms with Crippen LogP contribution in [0.15, 0.2) is 12.3 Å². The van der Waals surface area contributed by atoms with Crippen molar-refractivity contribution < 1.29 is 4.79 Å². The largest absolute Gasteiger partial charge is 0.350 e. The summed E-state index contributed by atoms with van der Waals surface area (Å²) in [6, 6.07) is 1.75. The van der Waals surface area contributed by atoms with Crippen LogP contribution in [0.25, 0.3) is 0 Å². The minimum atomic E-state index is -0.0195. The molecule has 1 amide bonds. The highest BCUT2D eigenvalue weighted by Crippen LogP contribution is 2.30. The van der Waals surface area contributed by atoms with Gasteiger partial charge in [-0.1, -0.05) is 28.8 Å². The van der Waals surface area contributed by atoms with Gasteiger partial charge in [0.05, 0.1) is 0 Å². The second-order valence-electron chi connectivity index (χ2n) is 5.01. The molecule has 0 aromatic carbocycles. The maximum Gasteiger partial charge on any atom is 0.269 e. The number of rotatable bonds is 4. The Morgan fingerprint density at radius 1 is 1.50 bits per heavy atom. The fourth-order valence-corrected chi connectivity index (χ4v) is 3.52. The highest BCUT2D eigenvalue weighted by atomic mass is 79.9. The third kappa shape index (κ3) is 3.13. The first kappa shape index (κ1) is 13.6. The zero-order valence-electron chi connectivity index (χ0n) is 10.7. The molecular formula is C13H20BrN3O. The first-order valence-corrected chi connectivity index (χ1v) is 7.66. The van der Waals surface area contributed by atoms with Crippen LogP contribution in [0.2, 0.25) is 0 Å². The summed E-state index contributed by atoms with van der Waals surface area (Å²) in [5.74, 6) is 1.29. The fourth-order valence-electron chi connectivity index (χ4n) is 2.67. The number of amides is 1. The fraction of sp³-hybridized carbons (Fsp3) is 0.692. The van der Waals surface area contributed by atoms with Gasteiger partial charge >= 0.3 is 0 Å². The summed E-state index contributed by atoms with van der Waals surface area (Å²) >= 11 is 3.58. The maximum absolute atomic E-state index is 12.0. The lowest BCUT2D eigenvalue weighted by Gasteiger charge is -2.30. The van der Waals surface area contributed by atoms with Gasteiger partial charge in [-0.3, -0.25) is 9.48 Å². The van der Waals surface area contributed by atoms with Gasteiger partial charge in [-0.05, 0) is 30.7 Å². The van der Waals surface area contributed by atoms with Gasteiger partial charge in [-0.2, -0.15) is 5.10 Å². The number of halogens is 1. The number of carbonyl (C=O) groups excluding carboxylic acids is 1. The molecule has 0 spiro atoms. The average Bonchev–Trinajstić information content (AvgIpc) is 2.82. The number of hydrogen-bond donors (Lipinski definition) is 1. The summed E-state index contributed by atoms with van der Waals surface area (Å²) in [4.78, 5) is 12.0. The van der Waals surface area contributed by atoms with E-state index in [0.717, 1.165) is 11.9 Å². The van der Waals surface area contributed by atoms with Crippen LogP contribution in [-0.4, -0.2) is 27.6 Å². The summed E-state index contributed by atoms with van der Waals surface area (Å²) < 4.78 is 1.61. The van der Waals surface area contributed by atoms with E-state index in [1.807, 2.05) is 0 Å². The van der Waals surface area contributed by atoms with E-state index in [9.17, 15) is 4.79 Å². The third-order valence-corrected chi connectivity index (χ3v) is 4.67. The summed E-state index contributed by atoms with van der Waals surface area (Å²) in [6.07, 6.45) is 6.76. The molecule has 4 nitrogen and oxygen atoms in total. The van der Waals surface area contributed by atoms with E-state index >= 15 is 0 Å². The van der Waals surface area contributed by atoms with Crippen LogP contribution >= 0.6 is 15.9 Å². The van der Waals surface area contributed by atoms with E-state index in [1.165, 1.54) is 25.7 Å². The monoisotopic (exact) mass is 313 g/mol. The number of hydrogen-bond acceptors (Lipinski definition) is 2. The standard InChI is InChI=1S/C13H20BrN3O/c1-17-12(6-7-16-17)13(18)15-9-11-5-3-2-4-10(11)8-14/h6-7,10-11H,2-5,8-9H2,1H3,(H,15,18). The van der Waals surface area contributed by atoms with Gasteiger partial charge in [0.2, 0.25) is 0 Å². The highest BCUT2D eigenvalue weighted by molar-refractivity contribution is 9.09. The van der Waals surface area contributed by atoms with Crippen LogP contribution < -0.4 is 5.32 Å². The summed E-state index contributed by atoms with van der Waals surface area (Å²) in [5.41, 5.74) is 0.626. The molecule has 1 heterocycles. The van der Waals surface area contributed by atoms with Gasteiger partial charge in [0.15, 0.2) is 0 Å². The molecule has 0 saturated heterocycles. The molecule has 2 rings (SSSR count). The van der Waals surface area contributed by atoms with Crippen LogP contribution in [0.5, 0.6) is 0 Å². The van der Waals surface area contributed by atoms with Gasteiger partial charge in [0.1, 0.15) is 5.69 Å². The van der Waals surface area contributed by atoms with Crippen molar-refractivity contribution in [3.8, 4) is 0 Å². The van der Waals surface area contributed by atoms with Crippen molar-refractivity contribution in [1.82, 2.24) is 15.1 Å². The molecule has 1 fully saturated rings. The molecule has 1 aliphatic rings. The molecule has 0 radical (unpaired) electrons. The third-order valence-electron chi connectivity index (χ3n) is 3.84. The minimum absolute atomic E-state index is 0.0195. The molecule has 1 aliphatic carbocycles. The molecule has 100 valence electrons. The quantitative estimate of drug-likeness (QED) is 0.867. The van der Waals surface area contributed by atoms with Gasteiger partial charge in [-0.15, -0.1) is 0 Å². The predicted molar refractivity (Wildman–Crippen MR) is 74.8 cm³/mol. The highest BCUT2D eigenvalue weighted by Gasteiger charge is 2.24. The van der Waals surface area contributed by atoms with E-state index in [1.54, 1.807) is 24.0 Å². The van der Waals surface area contributed by atoms with Crippen LogP contribution in [0, 0.1) is 11.8 Å². The van der Waals surface area contributed by atoms with Crippen molar-refractivity contribution in [3.63, 3.8) is 0 Å². The lowest BCUT2D eigenvalue weighted by molar-refractivity contribution is 0.0927. The van der Waals surface area contributed by atoms with Crippen molar-refractivity contribution in [2.24, 2.45) is 18.9 Å². The molecule has 1 N–H and O–H groups in total. The second-order valence-corrected chi connectivity index (χ2v) is 5.66. The lowest BCUT2D eigenvalue weighted by Crippen LogP contribution is -2.35. The summed E-state index contributed by atoms with van der Waals surface area (Å²) in [6.45, 7) is 0.778. The second kappa shape index (κ2) is 6.36. The SMILES string of the molecule is Cn1nccc1C(=O)NCC1CCCCC1CBr. The Hall–Kier alpha value is -0.840. The number of aromatic nitrogens is 2. The molecule has 5 heteroatoms. The Labute approximate surface area is 116 Å². The Morgan fingerprint density at radius 2 is 2.22 bits per heavy atom. The number of alkyl halides is 1. The molecule has 0 aliphatic heterocycles. The zero-order chi connectivity index (χ0) is 13.0. The number of nitrogens with one attached hydrogen (secondary N) is 1. The lowest BCUT2D eigenvalue weighted by atomic mass is 9.80. The summed E-state index contributed by atoms with van der Waals surface area (Å²) in [7, 11) is 1.79. The Bertz CT molecular complexity index is 405. The van der Waals surface area contributed by atoms with Gasteiger partial charge in [-0.25, -0.2) is 0 Å².